The summed E-state index contributed by atoms with van der Waals surface area (Å²) in [7, 11) is 1.63. The largest absolute Gasteiger partial charge is 0.384 e. The van der Waals surface area contributed by atoms with E-state index in [1.54, 1.807) is 20.1 Å². The van der Waals surface area contributed by atoms with Gasteiger partial charge in [0.1, 0.15) is 5.82 Å². The van der Waals surface area contributed by atoms with E-state index in [4.69, 9.17) is 4.74 Å². The summed E-state index contributed by atoms with van der Waals surface area (Å²) in [5.41, 5.74) is 1.15. The molecule has 5 heteroatoms. The van der Waals surface area contributed by atoms with Gasteiger partial charge in [-0.15, -0.1) is 0 Å². The van der Waals surface area contributed by atoms with E-state index in [0.29, 0.717) is 18.7 Å². The molecular weight excluding hydrogens is 301 g/mol. The molecule has 1 aromatic carbocycles. The van der Waals surface area contributed by atoms with Gasteiger partial charge in [0.2, 0.25) is 0 Å². The molecule has 1 N–H and O–H groups in total. The normalized spacial score (nSPS) is 12.2. The fraction of sp³-hybridized carbons (Fsp3) is 0.462. The number of hydrogen-bond acceptors (Lipinski definition) is 2. The van der Waals surface area contributed by atoms with Crippen molar-refractivity contribution in [2.45, 2.75) is 18.2 Å². The molecule has 0 spiro atoms. The Morgan fingerprint density at radius 1 is 1.56 bits per heavy atom. The number of amides is 1. The van der Waals surface area contributed by atoms with E-state index < -0.39 is 5.82 Å². The van der Waals surface area contributed by atoms with Crippen LogP contribution in [0.4, 0.5) is 4.39 Å². The molecule has 1 aromatic rings. The highest BCUT2D eigenvalue weighted by Gasteiger charge is 2.10. The number of rotatable bonds is 6. The summed E-state index contributed by atoms with van der Waals surface area (Å²) in [6.07, 6.45) is 0.758. The minimum absolute atomic E-state index is 0.205. The van der Waals surface area contributed by atoms with Crippen LogP contribution in [-0.2, 0) is 4.74 Å². The Kier molecular flexibility index (Phi) is 6.29. The summed E-state index contributed by atoms with van der Waals surface area (Å²) < 4.78 is 18.0. The Hall–Kier alpha value is -0.940. The van der Waals surface area contributed by atoms with Crippen LogP contribution < -0.4 is 5.32 Å². The van der Waals surface area contributed by atoms with Gasteiger partial charge in [-0.3, -0.25) is 4.79 Å². The summed E-state index contributed by atoms with van der Waals surface area (Å²) >= 11 is 3.43. The number of methoxy groups -OCH3 is 1. The van der Waals surface area contributed by atoms with Crippen LogP contribution in [0.3, 0.4) is 0 Å². The number of alkyl halides is 1. The van der Waals surface area contributed by atoms with Crippen molar-refractivity contribution < 1.29 is 13.9 Å². The molecule has 1 rings (SSSR count). The summed E-state index contributed by atoms with van der Waals surface area (Å²) in [4.78, 5) is 12.0. The predicted octanol–water partition coefficient (Wildman–Crippen LogP) is 2.66. The third-order valence-corrected chi connectivity index (χ3v) is 3.26. The second-order valence-corrected chi connectivity index (χ2v) is 5.35. The highest BCUT2D eigenvalue weighted by Crippen LogP contribution is 2.10. The van der Waals surface area contributed by atoms with Gasteiger partial charge in [0.15, 0.2) is 0 Å². The zero-order chi connectivity index (χ0) is 13.5. The minimum Gasteiger partial charge on any atom is -0.384 e. The minimum atomic E-state index is -0.400. The van der Waals surface area contributed by atoms with E-state index in [0.717, 1.165) is 12.0 Å². The molecule has 1 unspecified atom stereocenters. The van der Waals surface area contributed by atoms with E-state index in [1.807, 2.05) is 0 Å². The fourth-order valence-electron chi connectivity index (χ4n) is 1.54. The van der Waals surface area contributed by atoms with Crippen LogP contribution in [-0.4, -0.2) is 31.0 Å². The summed E-state index contributed by atoms with van der Waals surface area (Å²) in [5.74, 6) is -0.646. The third kappa shape index (κ3) is 4.74. The lowest BCUT2D eigenvalue weighted by molar-refractivity contribution is 0.0951. The highest BCUT2D eigenvalue weighted by atomic mass is 79.9. The smallest absolute Gasteiger partial charge is 0.251 e. The first-order valence-corrected chi connectivity index (χ1v) is 6.63. The molecule has 1 amide bonds. The van der Waals surface area contributed by atoms with Gasteiger partial charge >= 0.3 is 0 Å². The Balaban J connectivity index is 2.48. The zero-order valence-corrected chi connectivity index (χ0v) is 12.1. The molecule has 18 heavy (non-hydrogen) atoms. The van der Waals surface area contributed by atoms with E-state index in [9.17, 15) is 9.18 Å². The molecule has 3 nitrogen and oxygen atoms in total. The van der Waals surface area contributed by atoms with Crippen molar-refractivity contribution in [1.29, 1.82) is 0 Å². The number of nitrogens with one attached hydrogen (secondary N) is 1. The van der Waals surface area contributed by atoms with Crippen LogP contribution in [0.15, 0.2) is 18.2 Å². The average Bonchev–Trinajstić information content (AvgIpc) is 2.32. The number of halogens is 2. The number of aryl methyl sites for hydroxylation is 1. The van der Waals surface area contributed by atoms with Gasteiger partial charge in [-0.1, -0.05) is 22.0 Å². The second-order valence-electron chi connectivity index (χ2n) is 4.06. The second kappa shape index (κ2) is 7.48. The molecule has 0 heterocycles. The van der Waals surface area contributed by atoms with Crippen LogP contribution in [0.25, 0.3) is 0 Å². The Labute approximate surface area is 115 Å². The highest BCUT2D eigenvalue weighted by molar-refractivity contribution is 9.09. The monoisotopic (exact) mass is 317 g/mol. The van der Waals surface area contributed by atoms with E-state index in [-0.39, 0.29) is 10.7 Å². The maximum atomic E-state index is 13.1. The molecule has 0 fully saturated rings. The molecule has 100 valence electrons. The standard InChI is InChI=1S/C13H17BrFNO2/c1-9-3-4-11(15)7-12(9)13(17)16-6-5-10(14)8-18-2/h3-4,7,10H,5-6,8H2,1-2H3,(H,16,17). The van der Waals surface area contributed by atoms with Gasteiger partial charge in [0.25, 0.3) is 5.91 Å². The van der Waals surface area contributed by atoms with Crippen molar-refractivity contribution in [2.75, 3.05) is 20.3 Å². The predicted molar refractivity (Wildman–Crippen MR) is 72.7 cm³/mol. The molecule has 0 aliphatic heterocycles. The zero-order valence-electron chi connectivity index (χ0n) is 10.5. The molecule has 0 aliphatic rings. The van der Waals surface area contributed by atoms with E-state index in [1.165, 1.54) is 12.1 Å². The third-order valence-electron chi connectivity index (χ3n) is 2.53. The van der Waals surface area contributed by atoms with Crippen LogP contribution in [0, 0.1) is 12.7 Å². The van der Waals surface area contributed by atoms with Gasteiger partial charge in [-0.05, 0) is 31.0 Å². The number of benzene rings is 1. The topological polar surface area (TPSA) is 38.3 Å². The molecule has 0 radical (unpaired) electrons. The summed E-state index contributed by atoms with van der Waals surface area (Å²) in [6.45, 7) is 2.90. The van der Waals surface area contributed by atoms with Gasteiger partial charge in [0, 0.05) is 24.0 Å². The summed E-state index contributed by atoms with van der Waals surface area (Å²) in [6, 6.07) is 4.20. The lowest BCUT2D eigenvalue weighted by Gasteiger charge is -2.10. The van der Waals surface area contributed by atoms with E-state index >= 15 is 0 Å². The maximum absolute atomic E-state index is 13.1. The molecule has 0 saturated carbocycles. The van der Waals surface area contributed by atoms with Crippen LogP contribution in [0.2, 0.25) is 0 Å². The lowest BCUT2D eigenvalue weighted by atomic mass is 10.1. The first kappa shape index (κ1) is 15.1. The first-order chi connectivity index (χ1) is 8.54. The summed E-state index contributed by atoms with van der Waals surface area (Å²) in [5, 5.41) is 2.77. The molecule has 1 atom stereocenters. The molecular formula is C13H17BrFNO2. The SMILES string of the molecule is COCC(Br)CCNC(=O)c1cc(F)ccc1C. The van der Waals surface area contributed by atoms with Crippen molar-refractivity contribution in [3.63, 3.8) is 0 Å². The fourth-order valence-corrected chi connectivity index (χ4v) is 2.03. The van der Waals surface area contributed by atoms with Gasteiger partial charge in [0.05, 0.1) is 6.61 Å². The first-order valence-electron chi connectivity index (χ1n) is 5.72. The van der Waals surface area contributed by atoms with Crippen LogP contribution in [0.5, 0.6) is 0 Å². The average molecular weight is 318 g/mol. The number of carbonyl (C=O) groups is 1. The van der Waals surface area contributed by atoms with Crippen LogP contribution >= 0.6 is 15.9 Å². The molecule has 0 aliphatic carbocycles. The number of hydrogen-bond donors (Lipinski definition) is 1. The quantitative estimate of drug-likeness (QED) is 0.819. The van der Waals surface area contributed by atoms with Crippen molar-refractivity contribution in [2.24, 2.45) is 0 Å². The van der Waals surface area contributed by atoms with Crippen molar-refractivity contribution in [1.82, 2.24) is 5.32 Å². The maximum Gasteiger partial charge on any atom is 0.251 e. The molecule has 0 bridgehead atoms. The molecule has 0 aromatic heterocycles. The van der Waals surface area contributed by atoms with Crippen molar-refractivity contribution in [3.05, 3.63) is 35.1 Å². The van der Waals surface area contributed by atoms with Crippen LogP contribution in [0.1, 0.15) is 22.3 Å². The molecule has 0 saturated heterocycles. The number of ether oxygens (including phenoxy) is 1. The van der Waals surface area contributed by atoms with E-state index in [2.05, 4.69) is 21.2 Å². The van der Waals surface area contributed by atoms with Gasteiger partial charge in [-0.25, -0.2) is 4.39 Å². The van der Waals surface area contributed by atoms with Crippen molar-refractivity contribution >= 4 is 21.8 Å². The Bertz CT molecular complexity index is 412. The van der Waals surface area contributed by atoms with Gasteiger partial charge < -0.3 is 10.1 Å². The van der Waals surface area contributed by atoms with Gasteiger partial charge in [-0.2, -0.15) is 0 Å². The number of carbonyl (C=O) groups excluding carboxylic acids is 1. The lowest BCUT2D eigenvalue weighted by Crippen LogP contribution is -2.27. The van der Waals surface area contributed by atoms with Crippen molar-refractivity contribution in [3.8, 4) is 0 Å². The Morgan fingerprint density at radius 2 is 2.28 bits per heavy atom. The Morgan fingerprint density at radius 3 is 2.94 bits per heavy atom.